The molecule has 18 heavy (non-hydrogen) atoms. The largest absolute Gasteiger partial charge is 0.504 e. The van der Waals surface area contributed by atoms with Crippen LogP contribution in [-0.4, -0.2) is 29.5 Å². The summed E-state index contributed by atoms with van der Waals surface area (Å²) in [5, 5.41) is 19.0. The lowest BCUT2D eigenvalue weighted by molar-refractivity contribution is 0.0637. The summed E-state index contributed by atoms with van der Waals surface area (Å²) in [6.07, 6.45) is -0.383. The molecule has 0 amide bonds. The van der Waals surface area contributed by atoms with Crippen LogP contribution in [0.2, 0.25) is 5.02 Å². The van der Waals surface area contributed by atoms with Crippen molar-refractivity contribution >= 4 is 27.1 Å². The van der Waals surface area contributed by atoms with Gasteiger partial charge in [0.25, 0.3) is 0 Å². The highest BCUT2D eigenvalue weighted by molar-refractivity contribution is 7.93. The smallest absolute Gasteiger partial charge is 0.189 e. The molecule has 0 saturated heterocycles. The van der Waals surface area contributed by atoms with E-state index in [-0.39, 0.29) is 28.4 Å². The quantitative estimate of drug-likeness (QED) is 0.563. The average Bonchev–Trinajstić information content (AvgIpc) is 2.21. The predicted molar refractivity (Wildman–Crippen MR) is 68.4 cm³/mol. The maximum Gasteiger partial charge on any atom is 0.189 e. The monoisotopic (exact) mass is 291 g/mol. The van der Waals surface area contributed by atoms with Gasteiger partial charge >= 0.3 is 0 Å². The second kappa shape index (κ2) is 4.01. The molecule has 4 N–H and O–H groups in total. The second-order valence-corrected chi connectivity index (χ2v) is 7.64. The molecule has 100 valence electrons. The topological polar surface area (TPSA) is 101 Å². The van der Waals surface area contributed by atoms with Crippen LogP contribution in [-0.2, 0) is 9.84 Å². The molecule has 0 unspecified atom stereocenters. The van der Waals surface area contributed by atoms with E-state index in [1.807, 2.05) is 0 Å². The third kappa shape index (κ3) is 1.75. The lowest BCUT2D eigenvalue weighted by atomic mass is 9.83. The summed E-state index contributed by atoms with van der Waals surface area (Å²) < 4.78 is 23.8. The molecule has 1 aromatic rings. The van der Waals surface area contributed by atoms with Gasteiger partial charge in [-0.25, -0.2) is 8.42 Å². The van der Waals surface area contributed by atoms with Gasteiger partial charge in [-0.15, -0.1) is 0 Å². The lowest BCUT2D eigenvalue weighted by Gasteiger charge is -2.41. The first-order valence-corrected chi connectivity index (χ1v) is 7.25. The van der Waals surface area contributed by atoms with Crippen molar-refractivity contribution in [3.63, 3.8) is 0 Å². The highest BCUT2D eigenvalue weighted by Gasteiger charge is 2.52. The fourth-order valence-electron chi connectivity index (χ4n) is 2.22. The normalized spacial score (nSPS) is 27.8. The van der Waals surface area contributed by atoms with Crippen LogP contribution >= 0.6 is 11.6 Å². The van der Waals surface area contributed by atoms with Crippen molar-refractivity contribution in [2.45, 2.75) is 35.5 Å². The van der Waals surface area contributed by atoms with Gasteiger partial charge in [-0.3, -0.25) is 0 Å². The molecule has 1 fully saturated rings. The van der Waals surface area contributed by atoms with Crippen LogP contribution in [0.3, 0.4) is 0 Å². The van der Waals surface area contributed by atoms with Gasteiger partial charge in [0.1, 0.15) is 4.90 Å². The predicted octanol–water partition coefficient (Wildman–Crippen LogP) is 1.31. The van der Waals surface area contributed by atoms with Crippen molar-refractivity contribution < 1.29 is 18.6 Å². The molecule has 0 aromatic heterocycles. The van der Waals surface area contributed by atoms with Crippen molar-refractivity contribution in [2.75, 3.05) is 5.73 Å². The van der Waals surface area contributed by atoms with E-state index in [9.17, 15) is 18.6 Å². The van der Waals surface area contributed by atoms with E-state index in [0.717, 1.165) is 0 Å². The minimum Gasteiger partial charge on any atom is -0.504 e. The number of aliphatic hydroxyl groups excluding tert-OH is 1. The minimum atomic E-state index is -3.84. The summed E-state index contributed by atoms with van der Waals surface area (Å²) in [6, 6.07) is 2.68. The average molecular weight is 292 g/mol. The minimum absolute atomic E-state index is 0.0403. The van der Waals surface area contributed by atoms with Gasteiger partial charge in [0.2, 0.25) is 0 Å². The Hall–Kier alpha value is -0.980. The number of hydrogen-bond acceptors (Lipinski definition) is 5. The third-order valence-corrected chi connectivity index (χ3v) is 6.38. The standard InChI is InChI=1S/C11H14ClNO4S/c1-11(4-6(14)5-11)18(16,17)10-7(12)2-3-8(13)9(10)15/h2-3,6,14-15H,4-5,13H2,1H3. The number of rotatable bonds is 2. The molecule has 1 aliphatic carbocycles. The van der Waals surface area contributed by atoms with E-state index < -0.39 is 26.4 Å². The van der Waals surface area contributed by atoms with Crippen molar-refractivity contribution in [3.8, 4) is 5.75 Å². The molecule has 0 radical (unpaired) electrons. The molecule has 1 aliphatic rings. The number of sulfone groups is 1. The Bertz CT molecular complexity index is 593. The number of nitrogens with two attached hydrogens (primary N) is 1. The zero-order valence-corrected chi connectivity index (χ0v) is 11.3. The molecular formula is C11H14ClNO4S. The number of aromatic hydroxyl groups is 1. The number of halogens is 1. The summed E-state index contributed by atoms with van der Waals surface area (Å²) in [5.41, 5.74) is 5.45. The van der Waals surface area contributed by atoms with Gasteiger partial charge in [0.15, 0.2) is 15.6 Å². The number of benzene rings is 1. The van der Waals surface area contributed by atoms with Crippen LogP contribution in [0, 0.1) is 0 Å². The van der Waals surface area contributed by atoms with Crippen LogP contribution in [0.25, 0.3) is 0 Å². The van der Waals surface area contributed by atoms with E-state index in [1.54, 1.807) is 0 Å². The van der Waals surface area contributed by atoms with Crippen molar-refractivity contribution in [2.24, 2.45) is 0 Å². The zero-order chi connectivity index (χ0) is 13.7. The molecular weight excluding hydrogens is 278 g/mol. The Morgan fingerprint density at radius 2 is 2.00 bits per heavy atom. The Kier molecular flexibility index (Phi) is 3.00. The van der Waals surface area contributed by atoms with Crippen LogP contribution in [0.1, 0.15) is 19.8 Å². The lowest BCUT2D eigenvalue weighted by Crippen LogP contribution is -2.50. The van der Waals surface area contributed by atoms with Crippen molar-refractivity contribution in [1.29, 1.82) is 0 Å². The van der Waals surface area contributed by atoms with Crippen LogP contribution < -0.4 is 5.73 Å². The molecule has 5 nitrogen and oxygen atoms in total. The van der Waals surface area contributed by atoms with Gasteiger partial charge in [0, 0.05) is 0 Å². The van der Waals surface area contributed by atoms with Crippen LogP contribution in [0.5, 0.6) is 5.75 Å². The zero-order valence-electron chi connectivity index (χ0n) is 9.72. The molecule has 2 rings (SSSR count). The molecule has 1 aromatic carbocycles. The van der Waals surface area contributed by atoms with Crippen molar-refractivity contribution in [1.82, 2.24) is 0 Å². The Balaban J connectivity index is 2.59. The molecule has 1 saturated carbocycles. The van der Waals surface area contributed by atoms with E-state index >= 15 is 0 Å². The maximum atomic E-state index is 12.5. The van der Waals surface area contributed by atoms with E-state index in [4.69, 9.17) is 17.3 Å². The number of phenolic OH excluding ortho intramolecular Hbond substituents is 1. The van der Waals surface area contributed by atoms with E-state index in [0.29, 0.717) is 0 Å². The first-order valence-electron chi connectivity index (χ1n) is 5.39. The van der Waals surface area contributed by atoms with Gasteiger partial charge in [0.05, 0.1) is 21.6 Å². The van der Waals surface area contributed by atoms with Crippen LogP contribution in [0.4, 0.5) is 5.69 Å². The molecule has 0 aliphatic heterocycles. The van der Waals surface area contributed by atoms with Crippen LogP contribution in [0.15, 0.2) is 17.0 Å². The van der Waals surface area contributed by atoms with E-state index in [2.05, 4.69) is 0 Å². The number of phenols is 1. The van der Waals surface area contributed by atoms with Gasteiger partial charge in [-0.2, -0.15) is 0 Å². The third-order valence-electron chi connectivity index (χ3n) is 3.37. The molecule has 0 bridgehead atoms. The number of nitrogen functional groups attached to an aromatic ring is 1. The summed E-state index contributed by atoms with van der Waals surface area (Å²) in [6.45, 7) is 1.52. The summed E-state index contributed by atoms with van der Waals surface area (Å²) in [4.78, 5) is -0.349. The summed E-state index contributed by atoms with van der Waals surface area (Å²) in [5.74, 6) is -0.523. The van der Waals surface area contributed by atoms with Crippen molar-refractivity contribution in [3.05, 3.63) is 17.2 Å². The number of hydrogen-bond donors (Lipinski definition) is 3. The second-order valence-electron chi connectivity index (χ2n) is 4.83. The summed E-state index contributed by atoms with van der Waals surface area (Å²) >= 11 is 5.85. The summed E-state index contributed by atoms with van der Waals surface area (Å²) in [7, 11) is -3.84. The maximum absolute atomic E-state index is 12.5. The Labute approximate surface area is 110 Å². The highest BCUT2D eigenvalue weighted by Crippen LogP contribution is 2.47. The molecule has 0 heterocycles. The first kappa shape index (κ1) is 13.5. The number of anilines is 1. The molecule has 0 spiro atoms. The fourth-order valence-corrected chi connectivity index (χ4v) is 4.69. The Morgan fingerprint density at radius 1 is 1.44 bits per heavy atom. The first-order chi connectivity index (χ1) is 8.19. The van der Waals surface area contributed by atoms with Gasteiger partial charge in [-0.1, -0.05) is 11.6 Å². The van der Waals surface area contributed by atoms with Gasteiger partial charge < -0.3 is 15.9 Å². The number of aliphatic hydroxyl groups is 1. The molecule has 7 heteroatoms. The van der Waals surface area contributed by atoms with Gasteiger partial charge in [-0.05, 0) is 31.9 Å². The highest BCUT2D eigenvalue weighted by atomic mass is 35.5. The SMILES string of the molecule is CC1(S(=O)(=O)c2c(Cl)ccc(N)c2O)CC(O)C1. The molecule has 0 atom stereocenters. The van der Waals surface area contributed by atoms with E-state index in [1.165, 1.54) is 19.1 Å². The Morgan fingerprint density at radius 3 is 2.50 bits per heavy atom. The fraction of sp³-hybridized carbons (Fsp3) is 0.455.